The van der Waals surface area contributed by atoms with E-state index in [9.17, 15) is 19.1 Å². The van der Waals surface area contributed by atoms with Gasteiger partial charge < -0.3 is 20.2 Å². The van der Waals surface area contributed by atoms with Gasteiger partial charge in [0.1, 0.15) is 11.5 Å². The third-order valence-corrected chi connectivity index (χ3v) is 4.78. The van der Waals surface area contributed by atoms with Gasteiger partial charge in [0.15, 0.2) is 17.6 Å². The molecule has 2 atom stereocenters. The van der Waals surface area contributed by atoms with Gasteiger partial charge in [-0.05, 0) is 25.5 Å². The molecule has 0 bridgehead atoms. The molecule has 1 aromatic rings. The maximum absolute atomic E-state index is 15.3. The van der Waals surface area contributed by atoms with Crippen molar-refractivity contribution in [3.8, 4) is 0 Å². The number of carbonyl (C=O) groups excluding carboxylic acids is 1. The van der Waals surface area contributed by atoms with E-state index < -0.39 is 29.4 Å². The molecule has 1 fully saturated rings. The van der Waals surface area contributed by atoms with Crippen LogP contribution in [0.25, 0.3) is 0 Å². The van der Waals surface area contributed by atoms with Crippen molar-refractivity contribution >= 4 is 23.1 Å². The molecular formula is C17H21F2N3O3. The smallest absolute Gasteiger partial charge is 0.334 e. The first-order chi connectivity index (χ1) is 11.8. The van der Waals surface area contributed by atoms with Gasteiger partial charge in [0.25, 0.3) is 0 Å². The fraction of sp³-hybridized carbons (Fsp3) is 0.529. The largest absolute Gasteiger partial charge is 0.479 e. The summed E-state index contributed by atoms with van der Waals surface area (Å²) < 4.78 is 29.9. The van der Waals surface area contributed by atoms with Crippen molar-refractivity contribution in [3.05, 3.63) is 23.3 Å². The molecule has 0 aromatic heterocycles. The molecule has 2 aliphatic rings. The summed E-state index contributed by atoms with van der Waals surface area (Å²) in [6, 6.07) is -0.189. The zero-order valence-corrected chi connectivity index (χ0v) is 14.2. The molecule has 8 heteroatoms. The van der Waals surface area contributed by atoms with Gasteiger partial charge in [0.2, 0.25) is 0 Å². The fourth-order valence-electron chi connectivity index (χ4n) is 3.72. The summed E-state index contributed by atoms with van der Waals surface area (Å²) in [6.07, 6.45) is -0.283. The molecule has 25 heavy (non-hydrogen) atoms. The predicted octanol–water partition coefficient (Wildman–Crippen LogP) is 1.17. The molecule has 2 heterocycles. The summed E-state index contributed by atoms with van der Waals surface area (Å²) in [5.74, 6) is -3.39. The molecule has 0 radical (unpaired) electrons. The number of fused-ring (bicyclic) bond motifs is 1. The molecule has 0 amide bonds. The van der Waals surface area contributed by atoms with Crippen LogP contribution < -0.4 is 15.1 Å². The number of hydrogen-bond acceptors (Lipinski definition) is 5. The predicted molar refractivity (Wildman–Crippen MR) is 89.2 cm³/mol. The summed E-state index contributed by atoms with van der Waals surface area (Å²) in [7, 11) is 0. The van der Waals surface area contributed by atoms with E-state index >= 15 is 4.39 Å². The molecule has 0 aliphatic carbocycles. The topological polar surface area (TPSA) is 72.9 Å². The Balaban J connectivity index is 2.12. The Morgan fingerprint density at radius 3 is 2.72 bits per heavy atom. The van der Waals surface area contributed by atoms with Crippen LogP contribution in [0.4, 0.5) is 20.2 Å². The monoisotopic (exact) mass is 353 g/mol. The highest BCUT2D eigenvalue weighted by molar-refractivity contribution is 6.08. The Morgan fingerprint density at radius 2 is 2.12 bits per heavy atom. The van der Waals surface area contributed by atoms with E-state index in [4.69, 9.17) is 0 Å². The van der Waals surface area contributed by atoms with Crippen molar-refractivity contribution < 1.29 is 23.5 Å². The number of carboxylic acid groups (broad SMARTS) is 1. The van der Waals surface area contributed by atoms with E-state index in [0.717, 1.165) is 0 Å². The second-order valence-electron chi connectivity index (χ2n) is 6.50. The summed E-state index contributed by atoms with van der Waals surface area (Å²) in [6.45, 7) is 5.20. The molecule has 1 saturated heterocycles. The number of halogens is 2. The van der Waals surface area contributed by atoms with Crippen molar-refractivity contribution in [3.63, 3.8) is 0 Å². The number of ketones is 1. The number of piperazine rings is 1. The van der Waals surface area contributed by atoms with Crippen molar-refractivity contribution in [2.75, 3.05) is 36.0 Å². The third kappa shape index (κ3) is 2.95. The summed E-state index contributed by atoms with van der Waals surface area (Å²) in [5.41, 5.74) is 0.0763. The third-order valence-electron chi connectivity index (χ3n) is 4.78. The van der Waals surface area contributed by atoms with Crippen LogP contribution in [0.5, 0.6) is 0 Å². The maximum Gasteiger partial charge on any atom is 0.334 e. The average Bonchev–Trinajstić information content (AvgIpc) is 2.53. The Bertz CT molecular complexity index is 726. The second-order valence-corrected chi connectivity index (χ2v) is 6.50. The van der Waals surface area contributed by atoms with Crippen LogP contribution in [-0.4, -0.2) is 55.1 Å². The lowest BCUT2D eigenvalue weighted by molar-refractivity contribution is -0.142. The number of benzene rings is 1. The van der Waals surface area contributed by atoms with Crippen molar-refractivity contribution in [2.24, 2.45) is 0 Å². The van der Waals surface area contributed by atoms with Crippen molar-refractivity contribution in [1.82, 2.24) is 5.32 Å². The lowest BCUT2D eigenvalue weighted by Gasteiger charge is -2.38. The minimum atomic E-state index is -1.44. The number of carbonyl (C=O) groups is 2. The zero-order valence-electron chi connectivity index (χ0n) is 14.2. The van der Waals surface area contributed by atoms with Crippen molar-refractivity contribution in [1.29, 1.82) is 0 Å². The number of carboxylic acids is 1. The molecule has 3 rings (SSSR count). The number of Topliss-reactive ketones (excluding diaryl/α,β-unsaturated/α-hetero) is 1. The highest BCUT2D eigenvalue weighted by Crippen LogP contribution is 2.39. The first-order valence-corrected chi connectivity index (χ1v) is 8.36. The van der Waals surface area contributed by atoms with Crippen LogP contribution >= 0.6 is 0 Å². The van der Waals surface area contributed by atoms with Gasteiger partial charge in [-0.2, -0.15) is 0 Å². The molecular weight excluding hydrogens is 332 g/mol. The Hall–Kier alpha value is -2.22. The average molecular weight is 353 g/mol. The van der Waals surface area contributed by atoms with Gasteiger partial charge in [0, 0.05) is 38.6 Å². The van der Waals surface area contributed by atoms with Gasteiger partial charge in [-0.1, -0.05) is 0 Å². The van der Waals surface area contributed by atoms with Crippen molar-refractivity contribution in [2.45, 2.75) is 32.4 Å². The number of anilines is 2. The number of nitrogens with one attached hydrogen (secondary N) is 1. The second kappa shape index (κ2) is 6.59. The number of likely N-dealkylation sites (N-methyl/N-ethyl adjacent to an activating group) is 1. The molecule has 0 saturated carbocycles. The fourth-order valence-corrected chi connectivity index (χ4v) is 3.72. The summed E-state index contributed by atoms with van der Waals surface area (Å²) >= 11 is 0. The maximum atomic E-state index is 15.3. The molecule has 1 aromatic carbocycles. The molecule has 2 unspecified atom stereocenters. The van der Waals surface area contributed by atoms with Crippen LogP contribution in [0.1, 0.15) is 19.4 Å². The molecule has 6 nitrogen and oxygen atoms in total. The van der Waals surface area contributed by atoms with Crippen LogP contribution in [0.3, 0.4) is 0 Å². The van der Waals surface area contributed by atoms with Crippen LogP contribution in [0.2, 0.25) is 0 Å². The van der Waals surface area contributed by atoms with Crippen LogP contribution in [0.15, 0.2) is 6.07 Å². The van der Waals surface area contributed by atoms with Crippen LogP contribution in [-0.2, 0) is 16.0 Å². The molecule has 0 spiro atoms. The standard InChI is InChI=1S/C17H21F2N3O3/c1-3-22-14-10(7-12(23)16(22)17(24)25)6-11(18)15(13(14)19)21-5-4-20-9(2)8-21/h6,9,16,20H,3-5,7-8H2,1-2H3,(H,24,25). The minimum Gasteiger partial charge on any atom is -0.479 e. The lowest BCUT2D eigenvalue weighted by Crippen LogP contribution is -2.52. The molecule has 2 aliphatic heterocycles. The summed E-state index contributed by atoms with van der Waals surface area (Å²) in [5, 5.41) is 12.6. The van der Waals surface area contributed by atoms with Crippen LogP contribution in [0, 0.1) is 11.6 Å². The van der Waals surface area contributed by atoms with E-state index in [2.05, 4.69) is 5.32 Å². The van der Waals surface area contributed by atoms with Gasteiger partial charge >= 0.3 is 5.97 Å². The number of hydrogen-bond donors (Lipinski definition) is 2. The van der Waals surface area contributed by atoms with Gasteiger partial charge in [-0.3, -0.25) is 4.79 Å². The minimum absolute atomic E-state index is 0.0251. The zero-order chi connectivity index (χ0) is 18.3. The first kappa shape index (κ1) is 17.6. The van der Waals surface area contributed by atoms with E-state index in [0.29, 0.717) is 19.6 Å². The first-order valence-electron chi connectivity index (χ1n) is 8.36. The Labute approximate surface area is 144 Å². The normalized spacial score (nSPS) is 23.6. The quantitative estimate of drug-likeness (QED) is 0.795. The molecule has 136 valence electrons. The van der Waals surface area contributed by atoms with Gasteiger partial charge in [0.05, 0.1) is 5.69 Å². The van der Waals surface area contributed by atoms with E-state index in [1.165, 1.54) is 11.0 Å². The van der Waals surface area contributed by atoms with Gasteiger partial charge in [-0.15, -0.1) is 0 Å². The highest BCUT2D eigenvalue weighted by Gasteiger charge is 2.40. The van der Waals surface area contributed by atoms with E-state index in [1.54, 1.807) is 11.8 Å². The molecule has 2 N–H and O–H groups in total. The summed E-state index contributed by atoms with van der Waals surface area (Å²) in [4.78, 5) is 26.5. The Morgan fingerprint density at radius 1 is 1.40 bits per heavy atom. The lowest BCUT2D eigenvalue weighted by atomic mass is 9.93. The van der Waals surface area contributed by atoms with Gasteiger partial charge in [-0.25, -0.2) is 13.6 Å². The number of rotatable bonds is 3. The highest BCUT2D eigenvalue weighted by atomic mass is 19.1. The number of nitrogens with zero attached hydrogens (tertiary/aromatic N) is 2. The SMILES string of the molecule is CCN1c2c(cc(F)c(N3CCNC(C)C3)c2F)CC(=O)C1C(=O)O. The van der Waals surface area contributed by atoms with E-state index in [1.807, 2.05) is 6.92 Å². The number of aliphatic carboxylic acids is 1. The van der Waals surface area contributed by atoms with E-state index in [-0.39, 0.29) is 35.9 Å². The Kier molecular flexibility index (Phi) is 4.64.